The molecule has 10 nitrogen and oxygen atoms in total. The van der Waals surface area contributed by atoms with Crippen molar-refractivity contribution in [3.63, 3.8) is 0 Å². The first-order valence-electron chi connectivity index (χ1n) is 10.1. The first-order valence-corrected chi connectivity index (χ1v) is 12.0. The number of sulfonamides is 1. The molecule has 0 unspecified atom stereocenters. The minimum absolute atomic E-state index is 0.0761. The van der Waals surface area contributed by atoms with Gasteiger partial charge in [0.2, 0.25) is 10.0 Å². The van der Waals surface area contributed by atoms with E-state index in [1.54, 1.807) is 22.6 Å². The van der Waals surface area contributed by atoms with Crippen molar-refractivity contribution >= 4 is 33.8 Å². The lowest BCUT2D eigenvalue weighted by Gasteiger charge is -2.34. The van der Waals surface area contributed by atoms with Crippen LogP contribution in [0, 0.1) is 21.8 Å². The number of non-ortho nitro benzene ring substituents is 1. The Kier molecular flexibility index (Phi) is 6.15. The third-order valence-electron chi connectivity index (χ3n) is 5.54. The van der Waals surface area contributed by atoms with Gasteiger partial charge in [0, 0.05) is 50.2 Å². The molecule has 1 N–H and O–H groups in total. The first kappa shape index (κ1) is 22.8. The number of aryl methyl sites for hydroxylation is 1. The van der Waals surface area contributed by atoms with Crippen molar-refractivity contribution in [2.45, 2.75) is 11.8 Å². The van der Waals surface area contributed by atoms with Crippen LogP contribution < -0.4 is 0 Å². The van der Waals surface area contributed by atoms with Crippen LogP contribution in [0.2, 0.25) is 0 Å². The van der Waals surface area contributed by atoms with Gasteiger partial charge in [-0.25, -0.2) is 8.42 Å². The standard InChI is InChI=1S/C21H21N5O5S2/c1-15-7-8-17(26(28)29)13-19(15)33(30,31)24-11-9-23(10-12-24)20(27)18-14-22-21(32)25(18)16-5-3-2-4-6-16/h2-8,13-14H,9-12H2,1H3,(H,22,32). The van der Waals surface area contributed by atoms with Crippen LogP contribution in [0.5, 0.6) is 0 Å². The third kappa shape index (κ3) is 4.32. The second kappa shape index (κ2) is 8.89. The van der Waals surface area contributed by atoms with Gasteiger partial charge in [-0.2, -0.15) is 4.31 Å². The molecule has 0 saturated carbocycles. The summed E-state index contributed by atoms with van der Waals surface area (Å²) in [6, 6.07) is 13.0. The maximum atomic E-state index is 13.2. The van der Waals surface area contributed by atoms with Gasteiger partial charge in [0.25, 0.3) is 11.6 Å². The number of hydrogen-bond acceptors (Lipinski definition) is 6. The molecule has 33 heavy (non-hydrogen) atoms. The van der Waals surface area contributed by atoms with Gasteiger partial charge in [-0.1, -0.05) is 24.3 Å². The van der Waals surface area contributed by atoms with Gasteiger partial charge in [0.1, 0.15) is 5.69 Å². The van der Waals surface area contributed by atoms with Gasteiger partial charge >= 0.3 is 0 Å². The molecule has 0 aliphatic carbocycles. The Hall–Kier alpha value is -3.35. The third-order valence-corrected chi connectivity index (χ3v) is 7.88. The Morgan fingerprint density at radius 1 is 1.09 bits per heavy atom. The highest BCUT2D eigenvalue weighted by molar-refractivity contribution is 7.89. The highest BCUT2D eigenvalue weighted by Gasteiger charge is 2.33. The number of aromatic amines is 1. The Bertz CT molecular complexity index is 1370. The summed E-state index contributed by atoms with van der Waals surface area (Å²) in [5.74, 6) is -0.269. The molecule has 172 valence electrons. The van der Waals surface area contributed by atoms with Gasteiger partial charge in [0.15, 0.2) is 4.77 Å². The number of nitrogens with one attached hydrogen (secondary N) is 1. The molecule has 1 aliphatic heterocycles. The molecule has 1 aromatic heterocycles. The summed E-state index contributed by atoms with van der Waals surface area (Å²) in [6.07, 6.45) is 1.55. The number of rotatable bonds is 5. The summed E-state index contributed by atoms with van der Waals surface area (Å²) in [5, 5.41) is 11.1. The molecule has 4 rings (SSSR count). The van der Waals surface area contributed by atoms with Crippen molar-refractivity contribution in [1.82, 2.24) is 18.8 Å². The number of amides is 1. The number of hydrogen-bond donors (Lipinski definition) is 1. The van der Waals surface area contributed by atoms with E-state index >= 15 is 0 Å². The molecule has 1 fully saturated rings. The Balaban J connectivity index is 1.54. The summed E-state index contributed by atoms with van der Waals surface area (Å²) >= 11 is 5.34. The van der Waals surface area contributed by atoms with Crippen molar-refractivity contribution < 1.29 is 18.1 Å². The van der Waals surface area contributed by atoms with E-state index in [4.69, 9.17) is 12.2 Å². The maximum absolute atomic E-state index is 13.2. The Morgan fingerprint density at radius 2 is 1.76 bits per heavy atom. The van der Waals surface area contributed by atoms with E-state index in [9.17, 15) is 23.3 Å². The minimum atomic E-state index is -3.95. The predicted octanol–water partition coefficient (Wildman–Crippen LogP) is 2.90. The van der Waals surface area contributed by atoms with Crippen LogP contribution in [0.3, 0.4) is 0 Å². The molecule has 12 heteroatoms. The van der Waals surface area contributed by atoms with E-state index in [2.05, 4.69) is 4.98 Å². The first-order chi connectivity index (χ1) is 15.7. The van der Waals surface area contributed by atoms with E-state index in [0.717, 1.165) is 11.8 Å². The fourth-order valence-electron chi connectivity index (χ4n) is 3.77. The quantitative estimate of drug-likeness (QED) is 0.336. The monoisotopic (exact) mass is 487 g/mol. The highest BCUT2D eigenvalue weighted by Crippen LogP contribution is 2.26. The Labute approximate surface area is 195 Å². The molecule has 0 bridgehead atoms. The zero-order chi connectivity index (χ0) is 23.8. The Morgan fingerprint density at radius 3 is 2.39 bits per heavy atom. The fourth-order valence-corrected chi connectivity index (χ4v) is 5.70. The second-order valence-corrected chi connectivity index (χ2v) is 9.85. The molecule has 0 radical (unpaired) electrons. The molecule has 0 atom stereocenters. The summed E-state index contributed by atoms with van der Waals surface area (Å²) in [6.45, 7) is 2.11. The molecule has 3 aromatic rings. The molecular weight excluding hydrogens is 466 g/mol. The smallest absolute Gasteiger partial charge is 0.272 e. The summed E-state index contributed by atoms with van der Waals surface area (Å²) in [5.41, 5.74) is 1.24. The van der Waals surface area contributed by atoms with Gasteiger partial charge in [-0.15, -0.1) is 0 Å². The second-order valence-electron chi connectivity index (χ2n) is 7.55. The van der Waals surface area contributed by atoms with Gasteiger partial charge in [-0.05, 0) is 36.8 Å². The largest absolute Gasteiger partial charge is 0.336 e. The fraction of sp³-hybridized carbons (Fsp3) is 0.238. The number of nitro groups is 1. The van der Waals surface area contributed by atoms with Crippen LogP contribution in [0.4, 0.5) is 5.69 Å². The van der Waals surface area contributed by atoms with E-state index in [0.29, 0.717) is 16.0 Å². The number of piperazine rings is 1. The SMILES string of the molecule is Cc1ccc([N+](=O)[O-])cc1S(=O)(=O)N1CCN(C(=O)c2c[nH]c(=S)n2-c2ccccc2)CC1. The van der Waals surface area contributed by atoms with Crippen LogP contribution in [0.1, 0.15) is 16.1 Å². The highest BCUT2D eigenvalue weighted by atomic mass is 32.2. The van der Waals surface area contributed by atoms with Crippen molar-refractivity contribution in [3.8, 4) is 5.69 Å². The van der Waals surface area contributed by atoms with E-state index in [1.807, 2.05) is 30.3 Å². The summed E-state index contributed by atoms with van der Waals surface area (Å²) in [4.78, 5) is 28.0. The van der Waals surface area contributed by atoms with Crippen molar-refractivity contribution in [3.05, 3.63) is 80.9 Å². The van der Waals surface area contributed by atoms with Crippen LogP contribution in [-0.2, 0) is 10.0 Å². The summed E-state index contributed by atoms with van der Waals surface area (Å²) in [7, 11) is -3.95. The van der Waals surface area contributed by atoms with E-state index in [1.165, 1.54) is 16.4 Å². The number of carbonyl (C=O) groups is 1. The molecule has 2 heterocycles. The number of aromatic nitrogens is 2. The van der Waals surface area contributed by atoms with Gasteiger partial charge in [-0.3, -0.25) is 19.5 Å². The summed E-state index contributed by atoms with van der Waals surface area (Å²) < 4.78 is 29.6. The van der Waals surface area contributed by atoms with Crippen LogP contribution in [0.25, 0.3) is 5.69 Å². The van der Waals surface area contributed by atoms with Gasteiger partial charge < -0.3 is 9.88 Å². The molecule has 1 amide bonds. The molecule has 2 aromatic carbocycles. The van der Waals surface area contributed by atoms with Crippen LogP contribution >= 0.6 is 12.2 Å². The molecule has 0 spiro atoms. The number of imidazole rings is 1. The zero-order valence-electron chi connectivity index (χ0n) is 17.7. The minimum Gasteiger partial charge on any atom is -0.336 e. The number of H-pyrrole nitrogens is 1. The zero-order valence-corrected chi connectivity index (χ0v) is 19.3. The van der Waals surface area contributed by atoms with Gasteiger partial charge in [0.05, 0.1) is 9.82 Å². The normalized spacial score (nSPS) is 14.9. The average Bonchev–Trinajstić information content (AvgIpc) is 3.20. The lowest BCUT2D eigenvalue weighted by molar-refractivity contribution is -0.385. The van der Waals surface area contributed by atoms with Crippen molar-refractivity contribution in [2.75, 3.05) is 26.2 Å². The van der Waals surface area contributed by atoms with Crippen molar-refractivity contribution in [2.24, 2.45) is 0 Å². The molecular formula is C21H21N5O5S2. The maximum Gasteiger partial charge on any atom is 0.272 e. The van der Waals surface area contributed by atoms with E-state index < -0.39 is 14.9 Å². The molecule has 1 saturated heterocycles. The number of nitro benzene ring substituents is 1. The number of nitrogens with zero attached hydrogens (tertiary/aromatic N) is 4. The van der Waals surface area contributed by atoms with Crippen LogP contribution in [-0.4, -0.2) is 64.2 Å². The van der Waals surface area contributed by atoms with Crippen LogP contribution in [0.15, 0.2) is 59.6 Å². The average molecular weight is 488 g/mol. The van der Waals surface area contributed by atoms with E-state index in [-0.39, 0.29) is 42.7 Å². The molecule has 1 aliphatic rings. The lowest BCUT2D eigenvalue weighted by atomic mass is 10.2. The number of para-hydroxylation sites is 1. The topological polar surface area (TPSA) is 122 Å². The predicted molar refractivity (Wildman–Crippen MR) is 123 cm³/mol. The number of benzene rings is 2. The lowest BCUT2D eigenvalue weighted by Crippen LogP contribution is -2.50. The van der Waals surface area contributed by atoms with Crippen molar-refractivity contribution in [1.29, 1.82) is 0 Å². The number of carbonyl (C=O) groups excluding carboxylic acids is 1.